The molecule has 152 valence electrons. The molecule has 9 heteroatoms. The SMILES string of the molecule is COc1ccc(NC(=O)c2cnc3ccc(Nc4cccc(O)c4)nn23)cc1OC. The number of fused-ring (bicyclic) bond motifs is 1. The Bertz CT molecular complexity index is 1220. The molecule has 4 aromatic rings. The Labute approximate surface area is 171 Å². The van der Waals surface area contributed by atoms with Gasteiger partial charge in [-0.25, -0.2) is 9.50 Å². The number of phenols is 1. The fourth-order valence-electron chi connectivity index (χ4n) is 2.94. The number of hydrogen-bond donors (Lipinski definition) is 3. The van der Waals surface area contributed by atoms with Crippen molar-refractivity contribution in [2.45, 2.75) is 0 Å². The van der Waals surface area contributed by atoms with Gasteiger partial charge in [-0.1, -0.05) is 6.07 Å². The lowest BCUT2D eigenvalue weighted by atomic mass is 10.2. The first-order chi connectivity index (χ1) is 14.6. The van der Waals surface area contributed by atoms with Crippen LogP contribution in [-0.2, 0) is 0 Å². The van der Waals surface area contributed by atoms with E-state index in [0.717, 1.165) is 0 Å². The maximum atomic E-state index is 12.8. The van der Waals surface area contributed by atoms with Crippen LogP contribution >= 0.6 is 0 Å². The van der Waals surface area contributed by atoms with Gasteiger partial charge in [0.05, 0.1) is 20.4 Å². The van der Waals surface area contributed by atoms with Gasteiger partial charge in [0, 0.05) is 23.5 Å². The van der Waals surface area contributed by atoms with Crippen LogP contribution in [-0.4, -0.2) is 39.8 Å². The van der Waals surface area contributed by atoms with Crippen molar-refractivity contribution in [2.24, 2.45) is 0 Å². The van der Waals surface area contributed by atoms with Crippen molar-refractivity contribution in [1.29, 1.82) is 0 Å². The highest BCUT2D eigenvalue weighted by Gasteiger charge is 2.15. The summed E-state index contributed by atoms with van der Waals surface area (Å²) in [5, 5.41) is 20.0. The normalized spacial score (nSPS) is 10.6. The zero-order valence-corrected chi connectivity index (χ0v) is 16.3. The number of amides is 1. The molecule has 2 aromatic heterocycles. The van der Waals surface area contributed by atoms with Crippen molar-refractivity contribution in [3.8, 4) is 17.2 Å². The maximum Gasteiger partial charge on any atom is 0.276 e. The van der Waals surface area contributed by atoms with Crippen LogP contribution in [0.25, 0.3) is 5.65 Å². The number of nitrogens with zero attached hydrogens (tertiary/aromatic N) is 3. The fourth-order valence-corrected chi connectivity index (χ4v) is 2.94. The topological polar surface area (TPSA) is 110 Å². The zero-order valence-electron chi connectivity index (χ0n) is 16.3. The van der Waals surface area contributed by atoms with E-state index < -0.39 is 0 Å². The molecule has 2 heterocycles. The summed E-state index contributed by atoms with van der Waals surface area (Å²) in [5.41, 5.74) is 1.99. The minimum atomic E-state index is -0.378. The Kier molecular flexibility index (Phi) is 5.08. The second kappa shape index (κ2) is 8.00. The molecule has 0 fully saturated rings. The van der Waals surface area contributed by atoms with Crippen molar-refractivity contribution in [3.63, 3.8) is 0 Å². The van der Waals surface area contributed by atoms with Gasteiger partial charge in [0.15, 0.2) is 28.7 Å². The number of benzene rings is 2. The summed E-state index contributed by atoms with van der Waals surface area (Å²) in [5.74, 6) is 1.32. The number of carbonyl (C=O) groups is 1. The third-order valence-electron chi connectivity index (χ3n) is 4.35. The number of nitrogens with one attached hydrogen (secondary N) is 2. The second-order valence-corrected chi connectivity index (χ2v) is 6.33. The lowest BCUT2D eigenvalue weighted by Gasteiger charge is -2.10. The van der Waals surface area contributed by atoms with E-state index >= 15 is 0 Å². The van der Waals surface area contributed by atoms with Crippen LogP contribution in [0.3, 0.4) is 0 Å². The molecular formula is C21H19N5O4. The highest BCUT2D eigenvalue weighted by molar-refractivity contribution is 6.03. The van der Waals surface area contributed by atoms with E-state index in [4.69, 9.17) is 9.47 Å². The van der Waals surface area contributed by atoms with Gasteiger partial charge >= 0.3 is 0 Å². The van der Waals surface area contributed by atoms with E-state index in [2.05, 4.69) is 20.7 Å². The van der Waals surface area contributed by atoms with Gasteiger partial charge in [-0.3, -0.25) is 4.79 Å². The van der Waals surface area contributed by atoms with Gasteiger partial charge in [-0.2, -0.15) is 0 Å². The lowest BCUT2D eigenvalue weighted by Crippen LogP contribution is -2.15. The van der Waals surface area contributed by atoms with Gasteiger partial charge in [0.1, 0.15) is 5.75 Å². The lowest BCUT2D eigenvalue weighted by molar-refractivity contribution is 0.102. The summed E-state index contributed by atoms with van der Waals surface area (Å²) < 4.78 is 11.9. The van der Waals surface area contributed by atoms with Crippen LogP contribution in [0.15, 0.2) is 60.8 Å². The van der Waals surface area contributed by atoms with Gasteiger partial charge < -0.3 is 25.2 Å². The van der Waals surface area contributed by atoms with Crippen LogP contribution < -0.4 is 20.1 Å². The minimum absolute atomic E-state index is 0.138. The third-order valence-corrected chi connectivity index (χ3v) is 4.35. The molecule has 30 heavy (non-hydrogen) atoms. The number of ether oxygens (including phenoxy) is 2. The molecule has 0 saturated heterocycles. The summed E-state index contributed by atoms with van der Waals surface area (Å²) in [7, 11) is 3.07. The number of carbonyl (C=O) groups excluding carboxylic acids is 1. The molecule has 0 aliphatic rings. The molecule has 0 saturated carbocycles. The van der Waals surface area contributed by atoms with Crippen LogP contribution in [0.2, 0.25) is 0 Å². The van der Waals surface area contributed by atoms with Crippen LogP contribution in [0.4, 0.5) is 17.2 Å². The fraction of sp³-hybridized carbons (Fsp3) is 0.0952. The number of imidazole rings is 1. The van der Waals surface area contributed by atoms with Gasteiger partial charge in [0.2, 0.25) is 0 Å². The average Bonchev–Trinajstić information content (AvgIpc) is 3.17. The quantitative estimate of drug-likeness (QED) is 0.451. The highest BCUT2D eigenvalue weighted by atomic mass is 16.5. The van der Waals surface area contributed by atoms with E-state index in [1.807, 2.05) is 0 Å². The van der Waals surface area contributed by atoms with Crippen molar-refractivity contribution in [2.75, 3.05) is 24.9 Å². The number of hydrogen-bond acceptors (Lipinski definition) is 7. The van der Waals surface area contributed by atoms with Crippen molar-refractivity contribution >= 4 is 28.7 Å². The maximum absolute atomic E-state index is 12.8. The Morgan fingerprint density at radius 1 is 1.00 bits per heavy atom. The molecule has 0 bridgehead atoms. The molecule has 0 radical (unpaired) electrons. The van der Waals surface area contributed by atoms with Gasteiger partial charge in [-0.15, -0.1) is 5.10 Å². The summed E-state index contributed by atoms with van der Waals surface area (Å²) in [6.07, 6.45) is 1.45. The predicted molar refractivity (Wildman–Crippen MR) is 112 cm³/mol. The molecule has 2 aromatic carbocycles. The molecule has 0 unspecified atom stereocenters. The molecule has 0 aliphatic heterocycles. The first-order valence-electron chi connectivity index (χ1n) is 9.01. The molecule has 1 amide bonds. The number of methoxy groups -OCH3 is 2. The van der Waals surface area contributed by atoms with E-state index in [-0.39, 0.29) is 17.4 Å². The molecule has 4 rings (SSSR count). The predicted octanol–water partition coefficient (Wildman–Crippen LogP) is 3.45. The monoisotopic (exact) mass is 405 g/mol. The van der Waals surface area contributed by atoms with Crippen molar-refractivity contribution < 1.29 is 19.4 Å². The Balaban J connectivity index is 1.60. The van der Waals surface area contributed by atoms with Gasteiger partial charge in [0.25, 0.3) is 5.91 Å². The Morgan fingerprint density at radius 2 is 1.83 bits per heavy atom. The Morgan fingerprint density at radius 3 is 2.60 bits per heavy atom. The van der Waals surface area contributed by atoms with E-state index in [1.165, 1.54) is 17.8 Å². The molecule has 9 nitrogen and oxygen atoms in total. The summed E-state index contributed by atoms with van der Waals surface area (Å²) in [4.78, 5) is 17.1. The number of aromatic nitrogens is 3. The highest BCUT2D eigenvalue weighted by Crippen LogP contribution is 2.30. The zero-order chi connectivity index (χ0) is 21.1. The Hall–Kier alpha value is -4.27. The number of rotatable bonds is 6. The smallest absolute Gasteiger partial charge is 0.276 e. The number of phenolic OH excluding ortho intramolecular Hbond substituents is 1. The summed E-state index contributed by atoms with van der Waals surface area (Å²) in [6, 6.07) is 15.2. The molecule has 0 spiro atoms. The molecule has 0 atom stereocenters. The summed E-state index contributed by atoms with van der Waals surface area (Å²) >= 11 is 0. The minimum Gasteiger partial charge on any atom is -0.508 e. The van der Waals surface area contributed by atoms with Crippen LogP contribution in [0.5, 0.6) is 17.2 Å². The molecule has 3 N–H and O–H groups in total. The standard InChI is InChI=1S/C21H19N5O4/c1-29-17-7-6-14(11-18(17)30-2)24-21(28)16-12-22-20-9-8-19(25-26(16)20)23-13-4-3-5-15(27)10-13/h3-12,27H,1-2H3,(H,23,25)(H,24,28). The second-order valence-electron chi connectivity index (χ2n) is 6.33. The average molecular weight is 405 g/mol. The van der Waals surface area contributed by atoms with E-state index in [0.29, 0.717) is 34.3 Å². The van der Waals surface area contributed by atoms with E-state index in [1.54, 1.807) is 61.7 Å². The van der Waals surface area contributed by atoms with Gasteiger partial charge in [-0.05, 0) is 36.4 Å². The van der Waals surface area contributed by atoms with Crippen molar-refractivity contribution in [3.05, 3.63) is 66.5 Å². The molecule has 0 aliphatic carbocycles. The first-order valence-corrected chi connectivity index (χ1v) is 9.01. The number of aromatic hydroxyl groups is 1. The van der Waals surface area contributed by atoms with E-state index in [9.17, 15) is 9.90 Å². The third kappa shape index (κ3) is 3.81. The molecular weight excluding hydrogens is 386 g/mol. The van der Waals surface area contributed by atoms with Crippen LogP contribution in [0.1, 0.15) is 10.5 Å². The number of anilines is 3. The first kappa shape index (κ1) is 19.1. The van der Waals surface area contributed by atoms with Crippen LogP contribution in [0, 0.1) is 0 Å². The largest absolute Gasteiger partial charge is 0.508 e. The summed E-state index contributed by atoms with van der Waals surface area (Å²) in [6.45, 7) is 0. The van der Waals surface area contributed by atoms with Crippen molar-refractivity contribution in [1.82, 2.24) is 14.6 Å².